The molecule has 0 saturated carbocycles. The Bertz CT molecular complexity index is 612. The fourth-order valence-corrected chi connectivity index (χ4v) is 4.21. The Morgan fingerprint density at radius 2 is 1.83 bits per heavy atom. The molecular weight excluding hydrogens is 304 g/mol. The maximum Gasteiger partial charge on any atom is 0.335 e. The van der Waals surface area contributed by atoms with Crippen LogP contribution in [0.1, 0.15) is 54.9 Å². The van der Waals surface area contributed by atoms with Gasteiger partial charge in [0.05, 0.1) is 5.56 Å². The van der Waals surface area contributed by atoms with Crippen molar-refractivity contribution in [3.8, 4) is 0 Å². The summed E-state index contributed by atoms with van der Waals surface area (Å²) in [6, 6.07) is 7.03. The average Bonchev–Trinajstić information content (AvgIpc) is 2.96. The average molecular weight is 330 g/mol. The van der Waals surface area contributed by atoms with E-state index in [1.165, 1.54) is 0 Å². The maximum absolute atomic E-state index is 13.1. The van der Waals surface area contributed by atoms with Gasteiger partial charge < -0.3 is 10.0 Å². The van der Waals surface area contributed by atoms with Gasteiger partial charge in [0.25, 0.3) is 0 Å². The number of nitrogens with zero attached hydrogens (tertiary/aromatic N) is 2. The number of amides is 1. The minimum Gasteiger partial charge on any atom is -0.478 e. The molecule has 2 aliphatic heterocycles. The Balaban J connectivity index is 1.77. The minimum atomic E-state index is -0.906. The number of piperidine rings is 1. The highest BCUT2D eigenvalue weighted by atomic mass is 16.4. The van der Waals surface area contributed by atoms with Crippen LogP contribution < -0.4 is 0 Å². The standard InChI is InChI=1S/C19H26N2O3/c1-2-11-20-12-3-9-19(18(20)24)10-4-13-21(19)14-15-5-7-16(8-6-15)17(22)23/h5-8H,2-4,9-14H2,1H3,(H,22,23). The molecule has 1 aromatic carbocycles. The summed E-state index contributed by atoms with van der Waals surface area (Å²) in [5.41, 5.74) is 1.04. The first-order valence-corrected chi connectivity index (χ1v) is 8.93. The second kappa shape index (κ2) is 6.93. The predicted octanol–water partition coefficient (Wildman–Crippen LogP) is 2.75. The van der Waals surface area contributed by atoms with Crippen molar-refractivity contribution in [3.63, 3.8) is 0 Å². The summed E-state index contributed by atoms with van der Waals surface area (Å²) in [6.07, 6.45) is 5.01. The summed E-state index contributed by atoms with van der Waals surface area (Å²) >= 11 is 0. The van der Waals surface area contributed by atoms with Crippen molar-refractivity contribution in [1.29, 1.82) is 0 Å². The highest BCUT2D eigenvalue weighted by Crippen LogP contribution is 2.39. The molecule has 1 spiro atoms. The summed E-state index contributed by atoms with van der Waals surface area (Å²) in [5, 5.41) is 9.01. The van der Waals surface area contributed by atoms with E-state index in [-0.39, 0.29) is 5.54 Å². The van der Waals surface area contributed by atoms with Gasteiger partial charge in [-0.15, -0.1) is 0 Å². The molecule has 1 aromatic rings. The quantitative estimate of drug-likeness (QED) is 0.902. The highest BCUT2D eigenvalue weighted by molar-refractivity contribution is 5.88. The van der Waals surface area contributed by atoms with Crippen LogP contribution in [-0.4, -0.2) is 52.0 Å². The number of carboxylic acids is 1. The Kier molecular flexibility index (Phi) is 4.90. The van der Waals surface area contributed by atoms with Crippen molar-refractivity contribution in [2.24, 2.45) is 0 Å². The first kappa shape index (κ1) is 17.0. The number of benzene rings is 1. The molecule has 1 N–H and O–H groups in total. The van der Waals surface area contributed by atoms with Crippen LogP contribution in [0.15, 0.2) is 24.3 Å². The molecule has 1 atom stereocenters. The fourth-order valence-electron chi connectivity index (χ4n) is 4.21. The number of carboxylic acid groups (broad SMARTS) is 1. The predicted molar refractivity (Wildman–Crippen MR) is 91.9 cm³/mol. The molecule has 0 aromatic heterocycles. The van der Waals surface area contributed by atoms with Gasteiger partial charge in [-0.1, -0.05) is 19.1 Å². The summed E-state index contributed by atoms with van der Waals surface area (Å²) in [5.74, 6) is -0.605. The normalized spacial score (nSPS) is 24.7. The van der Waals surface area contributed by atoms with Crippen LogP contribution in [-0.2, 0) is 11.3 Å². The van der Waals surface area contributed by atoms with Gasteiger partial charge in [-0.25, -0.2) is 4.79 Å². The number of aromatic carboxylic acids is 1. The second-order valence-corrected chi connectivity index (χ2v) is 6.95. The maximum atomic E-state index is 13.1. The van der Waals surface area contributed by atoms with Crippen LogP contribution in [0.4, 0.5) is 0 Å². The molecule has 0 radical (unpaired) electrons. The summed E-state index contributed by atoms with van der Waals surface area (Å²) in [6.45, 7) is 5.50. The van der Waals surface area contributed by atoms with Crippen molar-refractivity contribution in [2.45, 2.75) is 51.1 Å². The molecule has 5 nitrogen and oxygen atoms in total. The van der Waals surface area contributed by atoms with Crippen molar-refractivity contribution >= 4 is 11.9 Å². The molecule has 5 heteroatoms. The van der Waals surface area contributed by atoms with Gasteiger partial charge in [-0.3, -0.25) is 9.69 Å². The van der Waals surface area contributed by atoms with Crippen molar-refractivity contribution in [3.05, 3.63) is 35.4 Å². The number of hydrogen-bond donors (Lipinski definition) is 1. The molecule has 2 heterocycles. The smallest absolute Gasteiger partial charge is 0.335 e. The number of likely N-dealkylation sites (tertiary alicyclic amines) is 2. The molecule has 0 aliphatic carbocycles. The van der Waals surface area contributed by atoms with Crippen LogP contribution in [0.5, 0.6) is 0 Å². The van der Waals surface area contributed by atoms with Gasteiger partial charge in [-0.2, -0.15) is 0 Å². The van der Waals surface area contributed by atoms with E-state index in [2.05, 4.69) is 11.8 Å². The number of rotatable bonds is 5. The largest absolute Gasteiger partial charge is 0.478 e. The van der Waals surface area contributed by atoms with E-state index in [1.807, 2.05) is 17.0 Å². The SMILES string of the molecule is CCCN1CCCC2(CCCN2Cc2ccc(C(=O)O)cc2)C1=O. The Labute approximate surface area is 143 Å². The summed E-state index contributed by atoms with van der Waals surface area (Å²) in [7, 11) is 0. The molecule has 0 bridgehead atoms. The van der Waals surface area contributed by atoms with Crippen molar-refractivity contribution in [2.75, 3.05) is 19.6 Å². The molecule has 3 rings (SSSR count). The Morgan fingerprint density at radius 1 is 1.17 bits per heavy atom. The first-order chi connectivity index (χ1) is 11.6. The third kappa shape index (κ3) is 3.05. The Morgan fingerprint density at radius 3 is 2.46 bits per heavy atom. The van der Waals surface area contributed by atoms with Gasteiger partial charge in [0.2, 0.25) is 5.91 Å². The highest BCUT2D eigenvalue weighted by Gasteiger charge is 2.50. The van der Waals surface area contributed by atoms with E-state index >= 15 is 0 Å². The van der Waals surface area contributed by atoms with Gasteiger partial charge in [-0.05, 0) is 56.3 Å². The molecule has 2 fully saturated rings. The molecule has 1 amide bonds. The van der Waals surface area contributed by atoms with Gasteiger partial charge in [0.15, 0.2) is 0 Å². The molecular formula is C19H26N2O3. The zero-order chi connectivity index (χ0) is 17.2. The lowest BCUT2D eigenvalue weighted by Crippen LogP contribution is -2.59. The van der Waals surface area contributed by atoms with E-state index in [1.54, 1.807) is 12.1 Å². The Hall–Kier alpha value is -1.88. The van der Waals surface area contributed by atoms with E-state index < -0.39 is 5.97 Å². The lowest BCUT2D eigenvalue weighted by Gasteiger charge is -2.44. The van der Waals surface area contributed by atoms with Crippen molar-refractivity contribution in [1.82, 2.24) is 9.80 Å². The lowest BCUT2D eigenvalue weighted by atomic mass is 9.85. The molecule has 2 saturated heterocycles. The van der Waals surface area contributed by atoms with Gasteiger partial charge in [0.1, 0.15) is 5.54 Å². The van der Waals surface area contributed by atoms with Gasteiger partial charge >= 0.3 is 5.97 Å². The van der Waals surface area contributed by atoms with E-state index in [4.69, 9.17) is 5.11 Å². The first-order valence-electron chi connectivity index (χ1n) is 8.93. The molecule has 1 unspecified atom stereocenters. The minimum absolute atomic E-state index is 0.301. The van der Waals surface area contributed by atoms with Crippen LogP contribution in [0.2, 0.25) is 0 Å². The fraction of sp³-hybridized carbons (Fsp3) is 0.579. The zero-order valence-electron chi connectivity index (χ0n) is 14.3. The van der Waals surface area contributed by atoms with E-state index in [0.717, 1.165) is 57.3 Å². The summed E-state index contributed by atoms with van der Waals surface area (Å²) in [4.78, 5) is 28.4. The van der Waals surface area contributed by atoms with Crippen LogP contribution in [0, 0.1) is 0 Å². The van der Waals surface area contributed by atoms with E-state index in [9.17, 15) is 9.59 Å². The van der Waals surface area contributed by atoms with Crippen molar-refractivity contribution < 1.29 is 14.7 Å². The van der Waals surface area contributed by atoms with Crippen LogP contribution in [0.25, 0.3) is 0 Å². The summed E-state index contributed by atoms with van der Waals surface area (Å²) < 4.78 is 0. The number of carbonyl (C=O) groups is 2. The van der Waals surface area contributed by atoms with Gasteiger partial charge in [0, 0.05) is 19.6 Å². The molecule has 2 aliphatic rings. The third-order valence-corrected chi connectivity index (χ3v) is 5.40. The monoisotopic (exact) mass is 330 g/mol. The lowest BCUT2D eigenvalue weighted by molar-refractivity contribution is -0.147. The third-order valence-electron chi connectivity index (χ3n) is 5.40. The topological polar surface area (TPSA) is 60.9 Å². The van der Waals surface area contributed by atoms with E-state index in [0.29, 0.717) is 18.0 Å². The molecule has 130 valence electrons. The zero-order valence-corrected chi connectivity index (χ0v) is 14.3. The van der Waals surface area contributed by atoms with Crippen LogP contribution in [0.3, 0.4) is 0 Å². The second-order valence-electron chi connectivity index (χ2n) is 6.95. The van der Waals surface area contributed by atoms with Crippen LogP contribution >= 0.6 is 0 Å². The number of hydrogen-bond acceptors (Lipinski definition) is 3. The molecule has 24 heavy (non-hydrogen) atoms. The number of carbonyl (C=O) groups excluding carboxylic acids is 1.